The van der Waals surface area contributed by atoms with E-state index >= 15 is 0 Å². The lowest BCUT2D eigenvalue weighted by Crippen LogP contribution is -2.30. The number of amides is 2. The van der Waals surface area contributed by atoms with E-state index in [1.165, 1.54) is 0 Å². The van der Waals surface area contributed by atoms with Crippen molar-refractivity contribution in [3.63, 3.8) is 0 Å². The van der Waals surface area contributed by atoms with Gasteiger partial charge in [0.2, 0.25) is 0 Å². The first-order valence-electron chi connectivity index (χ1n) is 12.3. The predicted molar refractivity (Wildman–Crippen MR) is 150 cm³/mol. The van der Waals surface area contributed by atoms with Crippen molar-refractivity contribution in [1.82, 2.24) is 5.32 Å². The molecule has 0 unspecified atom stereocenters. The maximum atomic E-state index is 14.1. The van der Waals surface area contributed by atoms with Crippen LogP contribution in [0.1, 0.15) is 46.5 Å². The second-order valence-electron chi connectivity index (χ2n) is 9.36. The molecule has 37 heavy (non-hydrogen) atoms. The molecule has 0 aromatic heterocycles. The van der Waals surface area contributed by atoms with Crippen molar-refractivity contribution >= 4 is 40.2 Å². The minimum Gasteiger partial charge on any atom is -0.350 e. The molecular formula is C32H27ClN2O2. The Bertz CT molecular complexity index is 1490. The van der Waals surface area contributed by atoms with Gasteiger partial charge in [-0.25, -0.2) is 0 Å². The van der Waals surface area contributed by atoms with Crippen molar-refractivity contribution in [2.75, 3.05) is 4.90 Å². The molecule has 4 aromatic rings. The van der Waals surface area contributed by atoms with Gasteiger partial charge in [0.25, 0.3) is 11.8 Å². The van der Waals surface area contributed by atoms with Crippen molar-refractivity contribution < 1.29 is 9.59 Å². The topological polar surface area (TPSA) is 49.4 Å². The fourth-order valence-electron chi connectivity index (χ4n) is 4.69. The number of hydrogen-bond donors (Lipinski definition) is 1. The van der Waals surface area contributed by atoms with Crippen molar-refractivity contribution in [1.29, 1.82) is 0 Å². The van der Waals surface area contributed by atoms with Crippen LogP contribution in [0.3, 0.4) is 0 Å². The highest BCUT2D eigenvalue weighted by Gasteiger charge is 2.35. The summed E-state index contributed by atoms with van der Waals surface area (Å²) in [5.74, 6) is -0.202. The summed E-state index contributed by atoms with van der Waals surface area (Å²) in [6.45, 7) is 4.21. The molecule has 1 N–H and O–H groups in total. The fourth-order valence-corrected chi connectivity index (χ4v) is 4.82. The van der Waals surface area contributed by atoms with Crippen molar-refractivity contribution in [2.24, 2.45) is 0 Å². The normalized spacial score (nSPS) is 14.1. The number of carbonyl (C=O) groups is 2. The third-order valence-electron chi connectivity index (χ3n) is 6.32. The Morgan fingerprint density at radius 3 is 2.19 bits per heavy atom. The van der Waals surface area contributed by atoms with Crippen molar-refractivity contribution in [3.05, 3.63) is 136 Å². The van der Waals surface area contributed by atoms with E-state index in [1.54, 1.807) is 11.0 Å². The highest BCUT2D eigenvalue weighted by molar-refractivity contribution is 6.39. The van der Waals surface area contributed by atoms with Crippen LogP contribution in [0.2, 0.25) is 5.02 Å². The molecule has 0 bridgehead atoms. The summed E-state index contributed by atoms with van der Waals surface area (Å²) in [7, 11) is 0. The van der Waals surface area contributed by atoms with E-state index in [1.807, 2.05) is 111 Å². The van der Waals surface area contributed by atoms with Gasteiger partial charge in [-0.3, -0.25) is 9.59 Å². The largest absolute Gasteiger partial charge is 0.350 e. The summed E-state index contributed by atoms with van der Waals surface area (Å²) in [6, 6.07) is 32.9. The molecule has 5 rings (SSSR count). The van der Waals surface area contributed by atoms with Gasteiger partial charge in [0, 0.05) is 27.8 Å². The van der Waals surface area contributed by atoms with Crippen LogP contribution in [0.25, 0.3) is 11.1 Å². The highest BCUT2D eigenvalue weighted by atomic mass is 35.5. The third-order valence-corrected chi connectivity index (χ3v) is 6.57. The average molecular weight is 507 g/mol. The van der Waals surface area contributed by atoms with Gasteiger partial charge < -0.3 is 10.2 Å². The number of carbonyl (C=O) groups excluding carboxylic acids is 2. The molecule has 0 aliphatic carbocycles. The molecule has 0 fully saturated rings. The van der Waals surface area contributed by atoms with Crippen LogP contribution in [0.15, 0.2) is 103 Å². The van der Waals surface area contributed by atoms with Crippen LogP contribution in [0.4, 0.5) is 5.69 Å². The van der Waals surface area contributed by atoms with Gasteiger partial charge in [-0.05, 0) is 60.9 Å². The Hall–Kier alpha value is -4.15. The van der Waals surface area contributed by atoms with Crippen LogP contribution in [0, 0.1) is 0 Å². The number of rotatable bonds is 6. The zero-order valence-electron chi connectivity index (χ0n) is 20.7. The maximum absolute atomic E-state index is 14.1. The standard InChI is InChI=1S/C32H27ClN2O2/c1-21(2)34-31(36)25-12-8-9-22(19-25)20-35-28-14-7-6-13-27(28)30(32(35)37)29(23-10-4-3-5-11-23)24-15-17-26(33)18-16-24/h3-19,21H,20H2,1-2H3,(H,34,36)/b30-29+. The van der Waals surface area contributed by atoms with E-state index in [0.717, 1.165) is 33.5 Å². The van der Waals surface area contributed by atoms with E-state index in [4.69, 9.17) is 11.6 Å². The zero-order valence-corrected chi connectivity index (χ0v) is 21.5. The number of nitrogens with zero attached hydrogens (tertiary/aromatic N) is 1. The molecule has 1 aliphatic rings. The van der Waals surface area contributed by atoms with Gasteiger partial charge in [-0.15, -0.1) is 0 Å². The van der Waals surface area contributed by atoms with E-state index < -0.39 is 0 Å². The van der Waals surface area contributed by atoms with Gasteiger partial charge in [0.1, 0.15) is 0 Å². The van der Waals surface area contributed by atoms with Gasteiger partial charge in [-0.2, -0.15) is 0 Å². The van der Waals surface area contributed by atoms with E-state index in [0.29, 0.717) is 22.7 Å². The summed E-state index contributed by atoms with van der Waals surface area (Å²) >= 11 is 6.19. The SMILES string of the molecule is CC(C)NC(=O)c1cccc(CN2C(=O)/C(=C(\c3ccccc3)c3ccc(Cl)cc3)c3ccccc32)c1. The quantitative estimate of drug-likeness (QED) is 0.287. The second-order valence-corrected chi connectivity index (χ2v) is 9.80. The van der Waals surface area contributed by atoms with Gasteiger partial charge >= 0.3 is 0 Å². The maximum Gasteiger partial charge on any atom is 0.259 e. The molecule has 2 amide bonds. The molecule has 1 aliphatic heterocycles. The Balaban J connectivity index is 1.61. The minimum atomic E-state index is -0.125. The molecule has 5 heteroatoms. The zero-order chi connectivity index (χ0) is 25.9. The van der Waals surface area contributed by atoms with E-state index in [-0.39, 0.29) is 17.9 Å². The second kappa shape index (κ2) is 10.5. The van der Waals surface area contributed by atoms with Gasteiger partial charge in [-0.1, -0.05) is 84.4 Å². The summed E-state index contributed by atoms with van der Waals surface area (Å²) in [4.78, 5) is 28.5. The molecular weight excluding hydrogens is 480 g/mol. The van der Waals surface area contributed by atoms with E-state index in [2.05, 4.69) is 5.32 Å². The highest BCUT2D eigenvalue weighted by Crippen LogP contribution is 2.43. The van der Waals surface area contributed by atoms with Crippen molar-refractivity contribution in [2.45, 2.75) is 26.4 Å². The smallest absolute Gasteiger partial charge is 0.259 e. The molecule has 0 radical (unpaired) electrons. The summed E-state index contributed by atoms with van der Waals surface area (Å²) in [5, 5.41) is 3.57. The van der Waals surface area contributed by atoms with Gasteiger partial charge in [0.05, 0.1) is 17.8 Å². The molecule has 0 spiro atoms. The molecule has 184 valence electrons. The number of halogens is 1. The Morgan fingerprint density at radius 2 is 1.46 bits per heavy atom. The summed E-state index contributed by atoms with van der Waals surface area (Å²) in [6.07, 6.45) is 0. The summed E-state index contributed by atoms with van der Waals surface area (Å²) in [5.41, 5.74) is 6.58. The molecule has 0 saturated carbocycles. The van der Waals surface area contributed by atoms with Crippen LogP contribution in [-0.4, -0.2) is 17.9 Å². The number of hydrogen-bond acceptors (Lipinski definition) is 2. The number of anilines is 1. The Morgan fingerprint density at radius 1 is 0.811 bits per heavy atom. The Kier molecular flexibility index (Phi) is 6.93. The number of para-hydroxylation sites is 1. The number of fused-ring (bicyclic) bond motifs is 1. The first-order valence-corrected chi connectivity index (χ1v) is 12.7. The van der Waals surface area contributed by atoms with E-state index in [9.17, 15) is 9.59 Å². The van der Waals surface area contributed by atoms with Crippen LogP contribution in [0.5, 0.6) is 0 Å². The lowest BCUT2D eigenvalue weighted by molar-refractivity contribution is -0.113. The average Bonchev–Trinajstić information content (AvgIpc) is 3.17. The lowest BCUT2D eigenvalue weighted by Gasteiger charge is -2.18. The first-order chi connectivity index (χ1) is 17.9. The molecule has 1 heterocycles. The molecule has 0 atom stereocenters. The lowest BCUT2D eigenvalue weighted by atomic mass is 9.90. The summed E-state index contributed by atoms with van der Waals surface area (Å²) < 4.78 is 0. The first kappa shape index (κ1) is 24.5. The van der Waals surface area contributed by atoms with Crippen molar-refractivity contribution in [3.8, 4) is 0 Å². The van der Waals surface area contributed by atoms with Crippen LogP contribution < -0.4 is 10.2 Å². The molecule has 0 saturated heterocycles. The Labute approximate surface area is 222 Å². The van der Waals surface area contributed by atoms with Crippen LogP contribution in [-0.2, 0) is 11.3 Å². The fraction of sp³-hybridized carbons (Fsp3) is 0.125. The third kappa shape index (κ3) is 5.07. The number of benzene rings is 4. The molecule has 4 nitrogen and oxygen atoms in total. The van der Waals surface area contributed by atoms with Crippen LogP contribution >= 0.6 is 11.6 Å². The minimum absolute atomic E-state index is 0.0418. The van der Waals surface area contributed by atoms with Gasteiger partial charge in [0.15, 0.2) is 0 Å². The monoisotopic (exact) mass is 506 g/mol. The number of nitrogens with one attached hydrogen (secondary N) is 1. The predicted octanol–water partition coefficient (Wildman–Crippen LogP) is 6.98. The molecule has 4 aromatic carbocycles.